The molecule has 0 aromatic heterocycles. The molecule has 1 aliphatic heterocycles. The third-order valence-electron chi connectivity index (χ3n) is 3.08. The lowest BCUT2D eigenvalue weighted by Crippen LogP contribution is -2.42. The minimum absolute atomic E-state index is 0.000850. The smallest absolute Gasteiger partial charge is 0.222 e. The lowest BCUT2D eigenvalue weighted by molar-refractivity contribution is -0.131. The van der Waals surface area contributed by atoms with Gasteiger partial charge >= 0.3 is 0 Å². The van der Waals surface area contributed by atoms with Crippen LogP contribution in [-0.4, -0.2) is 55.8 Å². The van der Waals surface area contributed by atoms with Gasteiger partial charge in [-0.1, -0.05) is 6.08 Å². The number of rotatable bonds is 6. The monoisotopic (exact) mass is 288 g/mol. The van der Waals surface area contributed by atoms with Gasteiger partial charge in [0.1, 0.15) is 0 Å². The van der Waals surface area contributed by atoms with Crippen molar-refractivity contribution in [2.75, 3.05) is 24.6 Å². The van der Waals surface area contributed by atoms with Crippen LogP contribution in [0.15, 0.2) is 12.7 Å². The fourth-order valence-corrected chi connectivity index (χ4v) is 3.85. The average Bonchev–Trinajstić information content (AvgIpc) is 2.66. The van der Waals surface area contributed by atoms with Crippen molar-refractivity contribution in [1.29, 1.82) is 0 Å². The van der Waals surface area contributed by atoms with Crippen LogP contribution in [0.3, 0.4) is 0 Å². The molecule has 0 saturated carbocycles. The molecule has 1 saturated heterocycles. The average molecular weight is 288 g/mol. The molecule has 1 unspecified atom stereocenters. The second-order valence-corrected chi connectivity index (χ2v) is 6.84. The van der Waals surface area contributed by atoms with E-state index in [1.54, 1.807) is 6.08 Å². The van der Waals surface area contributed by atoms with E-state index in [1.165, 1.54) is 11.8 Å². The third kappa shape index (κ3) is 5.02. The molecule has 108 valence electrons. The van der Waals surface area contributed by atoms with Gasteiger partial charge in [-0.05, 0) is 6.42 Å². The summed E-state index contributed by atoms with van der Waals surface area (Å²) >= 11 is 0. The van der Waals surface area contributed by atoms with Crippen LogP contribution < -0.4 is 5.32 Å². The van der Waals surface area contributed by atoms with E-state index >= 15 is 0 Å². The second-order valence-electron chi connectivity index (χ2n) is 4.61. The highest BCUT2D eigenvalue weighted by atomic mass is 32.2. The van der Waals surface area contributed by atoms with Gasteiger partial charge < -0.3 is 10.2 Å². The maximum absolute atomic E-state index is 11.6. The van der Waals surface area contributed by atoms with Crippen molar-refractivity contribution in [3.63, 3.8) is 0 Å². The topological polar surface area (TPSA) is 83.6 Å². The van der Waals surface area contributed by atoms with E-state index in [-0.39, 0.29) is 42.3 Å². The predicted octanol–water partition coefficient (Wildman–Crippen LogP) is -0.286. The molecule has 1 fully saturated rings. The summed E-state index contributed by atoms with van der Waals surface area (Å²) in [5.74, 6) is -0.254. The van der Waals surface area contributed by atoms with Gasteiger partial charge in [0.05, 0.1) is 11.5 Å². The van der Waals surface area contributed by atoms with Crippen molar-refractivity contribution < 1.29 is 18.0 Å². The Bertz CT molecular complexity index is 458. The summed E-state index contributed by atoms with van der Waals surface area (Å²) in [6.07, 6.45) is 2.20. The molecule has 0 aromatic carbocycles. The van der Waals surface area contributed by atoms with Crippen LogP contribution >= 0.6 is 0 Å². The van der Waals surface area contributed by atoms with Gasteiger partial charge in [0.15, 0.2) is 9.84 Å². The largest absolute Gasteiger partial charge is 0.353 e. The van der Waals surface area contributed by atoms with Crippen LogP contribution in [0.2, 0.25) is 0 Å². The Kier molecular flexibility index (Phi) is 5.53. The number of nitrogens with zero attached hydrogens (tertiary/aromatic N) is 1. The Hall–Kier alpha value is -1.37. The van der Waals surface area contributed by atoms with Crippen molar-refractivity contribution in [1.82, 2.24) is 10.2 Å². The van der Waals surface area contributed by atoms with E-state index in [9.17, 15) is 18.0 Å². The minimum Gasteiger partial charge on any atom is -0.353 e. The zero-order valence-electron chi connectivity index (χ0n) is 11.1. The lowest BCUT2D eigenvalue weighted by Gasteiger charge is -2.26. The van der Waals surface area contributed by atoms with Crippen LogP contribution in [-0.2, 0) is 19.4 Å². The SMILES string of the molecule is C=CCNC(=O)CCN(C(C)=O)C1CCS(=O)(=O)C1. The van der Waals surface area contributed by atoms with Gasteiger partial charge in [0, 0.05) is 32.5 Å². The van der Waals surface area contributed by atoms with Gasteiger partial charge in [-0.3, -0.25) is 9.59 Å². The fraction of sp³-hybridized carbons (Fsp3) is 0.667. The Morgan fingerprint density at radius 3 is 2.63 bits per heavy atom. The maximum Gasteiger partial charge on any atom is 0.222 e. The molecule has 1 atom stereocenters. The quantitative estimate of drug-likeness (QED) is 0.681. The van der Waals surface area contributed by atoms with E-state index in [1.807, 2.05) is 0 Å². The molecule has 0 aromatic rings. The minimum atomic E-state index is -3.03. The lowest BCUT2D eigenvalue weighted by atomic mass is 10.2. The number of amides is 2. The molecule has 6 nitrogen and oxygen atoms in total. The van der Waals surface area contributed by atoms with Crippen molar-refractivity contribution in [2.45, 2.75) is 25.8 Å². The number of carbonyl (C=O) groups excluding carboxylic acids is 2. The summed E-state index contributed by atoms with van der Waals surface area (Å²) in [6, 6.07) is -0.297. The first kappa shape index (κ1) is 15.7. The maximum atomic E-state index is 11.6. The van der Waals surface area contributed by atoms with E-state index < -0.39 is 9.84 Å². The molecule has 0 spiro atoms. The van der Waals surface area contributed by atoms with Gasteiger partial charge in [-0.25, -0.2) is 8.42 Å². The van der Waals surface area contributed by atoms with Crippen molar-refractivity contribution in [3.05, 3.63) is 12.7 Å². The Morgan fingerprint density at radius 1 is 1.47 bits per heavy atom. The first-order chi connectivity index (χ1) is 8.85. The van der Waals surface area contributed by atoms with Gasteiger partial charge in [-0.15, -0.1) is 6.58 Å². The molecular formula is C12H20N2O4S. The highest BCUT2D eigenvalue weighted by molar-refractivity contribution is 7.91. The zero-order valence-corrected chi connectivity index (χ0v) is 11.9. The zero-order chi connectivity index (χ0) is 14.5. The Balaban J connectivity index is 2.53. The second kappa shape index (κ2) is 6.70. The summed E-state index contributed by atoms with van der Waals surface area (Å²) in [5.41, 5.74) is 0. The highest BCUT2D eigenvalue weighted by Gasteiger charge is 2.33. The molecule has 1 heterocycles. The number of nitrogens with one attached hydrogen (secondary N) is 1. The summed E-state index contributed by atoms with van der Waals surface area (Å²) in [7, 11) is -3.03. The molecule has 0 bridgehead atoms. The molecule has 0 radical (unpaired) electrons. The molecule has 0 aliphatic carbocycles. The normalized spacial score (nSPS) is 20.8. The molecule has 7 heteroatoms. The van der Waals surface area contributed by atoms with E-state index in [4.69, 9.17) is 0 Å². The van der Waals surface area contributed by atoms with Crippen LogP contribution in [0.4, 0.5) is 0 Å². The molecule has 2 amide bonds. The number of carbonyl (C=O) groups is 2. The first-order valence-corrected chi connectivity index (χ1v) is 8.03. The van der Waals surface area contributed by atoms with Crippen molar-refractivity contribution >= 4 is 21.7 Å². The third-order valence-corrected chi connectivity index (χ3v) is 4.83. The van der Waals surface area contributed by atoms with E-state index in [0.29, 0.717) is 13.0 Å². The predicted molar refractivity (Wildman–Crippen MR) is 72.3 cm³/mol. The van der Waals surface area contributed by atoms with Gasteiger partial charge in [0.2, 0.25) is 11.8 Å². The fourth-order valence-electron chi connectivity index (χ4n) is 2.11. The van der Waals surface area contributed by atoms with E-state index in [2.05, 4.69) is 11.9 Å². The summed E-state index contributed by atoms with van der Waals surface area (Å²) in [4.78, 5) is 24.5. The summed E-state index contributed by atoms with van der Waals surface area (Å²) < 4.78 is 22.8. The van der Waals surface area contributed by atoms with E-state index in [0.717, 1.165) is 0 Å². The standard InChI is InChI=1S/C12H20N2O4S/c1-3-6-13-12(16)4-7-14(10(2)15)11-5-8-19(17,18)9-11/h3,11H,1,4-9H2,2H3,(H,13,16). The van der Waals surface area contributed by atoms with Crippen molar-refractivity contribution in [3.8, 4) is 0 Å². The molecule has 1 N–H and O–H groups in total. The van der Waals surface area contributed by atoms with Crippen LogP contribution in [0, 0.1) is 0 Å². The van der Waals surface area contributed by atoms with Gasteiger partial charge in [0.25, 0.3) is 0 Å². The van der Waals surface area contributed by atoms with Crippen LogP contribution in [0.5, 0.6) is 0 Å². The Morgan fingerprint density at radius 2 is 2.16 bits per heavy atom. The molecule has 1 rings (SSSR count). The molecule has 1 aliphatic rings. The summed E-state index contributed by atoms with van der Waals surface area (Å²) in [5, 5.41) is 2.62. The van der Waals surface area contributed by atoms with Crippen molar-refractivity contribution in [2.24, 2.45) is 0 Å². The number of hydrogen-bond donors (Lipinski definition) is 1. The van der Waals surface area contributed by atoms with Crippen LogP contribution in [0.25, 0.3) is 0 Å². The number of hydrogen-bond acceptors (Lipinski definition) is 4. The van der Waals surface area contributed by atoms with Gasteiger partial charge in [-0.2, -0.15) is 0 Å². The number of sulfone groups is 1. The highest BCUT2D eigenvalue weighted by Crippen LogP contribution is 2.18. The van der Waals surface area contributed by atoms with Crippen LogP contribution in [0.1, 0.15) is 19.8 Å². The molecular weight excluding hydrogens is 268 g/mol. The first-order valence-electron chi connectivity index (χ1n) is 6.21. The summed E-state index contributed by atoms with van der Waals surface area (Å²) in [6.45, 7) is 5.52. The Labute approximate surface area is 113 Å². The molecule has 19 heavy (non-hydrogen) atoms.